The number of rotatable bonds is 8. The summed E-state index contributed by atoms with van der Waals surface area (Å²) in [6.45, 7) is 5.96. The second-order valence-corrected chi connectivity index (χ2v) is 11.2. The molecule has 1 aromatic carbocycles. The molecule has 9 heteroatoms. The molecule has 1 unspecified atom stereocenters. The van der Waals surface area contributed by atoms with E-state index in [1.165, 1.54) is 11.1 Å². The normalized spacial score (nSPS) is 20.0. The monoisotopic (exact) mass is 541 g/mol. The summed E-state index contributed by atoms with van der Waals surface area (Å²) in [7, 11) is 0. The number of aryl methyl sites for hydroxylation is 4. The summed E-state index contributed by atoms with van der Waals surface area (Å²) in [4.78, 5) is 26.7. The summed E-state index contributed by atoms with van der Waals surface area (Å²) in [5.74, 6) is 1.39. The SMILES string of the molecule is CCc1cc(CCC2(C3CCCC3)CC(O)=C(Cc3nc4nc(C)cc(C)n4n3)C(=O)O2)ccc1-c1ncco1. The van der Waals surface area contributed by atoms with Gasteiger partial charge in [-0.05, 0) is 75.1 Å². The second-order valence-electron chi connectivity index (χ2n) is 11.2. The smallest absolute Gasteiger partial charge is 0.338 e. The summed E-state index contributed by atoms with van der Waals surface area (Å²) < 4.78 is 13.5. The first-order chi connectivity index (χ1) is 19.3. The van der Waals surface area contributed by atoms with Crippen LogP contribution in [0, 0.1) is 19.8 Å². The molecule has 1 saturated carbocycles. The summed E-state index contributed by atoms with van der Waals surface area (Å²) in [6.07, 6.45) is 10.1. The number of esters is 1. The zero-order valence-electron chi connectivity index (χ0n) is 23.3. The molecule has 1 aliphatic carbocycles. The van der Waals surface area contributed by atoms with Crippen LogP contribution in [0.15, 0.2) is 52.5 Å². The van der Waals surface area contributed by atoms with Gasteiger partial charge in [0.2, 0.25) is 5.89 Å². The molecule has 6 rings (SSSR count). The van der Waals surface area contributed by atoms with Gasteiger partial charge in [0.1, 0.15) is 17.6 Å². The summed E-state index contributed by atoms with van der Waals surface area (Å²) in [5.41, 5.74) is 4.60. The zero-order valence-corrected chi connectivity index (χ0v) is 23.3. The number of aliphatic hydroxyl groups is 1. The second kappa shape index (κ2) is 10.5. The Morgan fingerprint density at radius 1 is 1.15 bits per heavy atom. The number of hydrogen-bond donors (Lipinski definition) is 1. The lowest BCUT2D eigenvalue weighted by atomic mass is 9.76. The predicted molar refractivity (Wildman–Crippen MR) is 149 cm³/mol. The van der Waals surface area contributed by atoms with Crippen molar-refractivity contribution in [3.8, 4) is 11.5 Å². The van der Waals surface area contributed by atoms with Crippen LogP contribution in [0.3, 0.4) is 0 Å². The highest BCUT2D eigenvalue weighted by Gasteiger charge is 2.48. The molecule has 1 atom stereocenters. The highest BCUT2D eigenvalue weighted by Crippen LogP contribution is 2.46. The Hall–Kier alpha value is -4.01. The molecule has 40 heavy (non-hydrogen) atoms. The zero-order chi connectivity index (χ0) is 27.9. The van der Waals surface area contributed by atoms with Crippen molar-refractivity contribution < 1.29 is 19.1 Å². The number of carbonyl (C=O) groups is 1. The minimum absolute atomic E-state index is 0.0938. The topological polar surface area (TPSA) is 116 Å². The number of oxazole rings is 1. The van der Waals surface area contributed by atoms with Gasteiger partial charge in [0, 0.05) is 29.8 Å². The van der Waals surface area contributed by atoms with Gasteiger partial charge in [-0.25, -0.2) is 19.3 Å². The molecule has 1 fully saturated rings. The van der Waals surface area contributed by atoms with Crippen molar-refractivity contribution in [2.24, 2.45) is 5.92 Å². The van der Waals surface area contributed by atoms with Gasteiger partial charge in [0.15, 0.2) is 5.82 Å². The van der Waals surface area contributed by atoms with Crippen molar-refractivity contribution in [1.29, 1.82) is 0 Å². The van der Waals surface area contributed by atoms with Crippen LogP contribution in [-0.2, 0) is 28.8 Å². The maximum Gasteiger partial charge on any atom is 0.338 e. The van der Waals surface area contributed by atoms with E-state index in [4.69, 9.17) is 9.15 Å². The lowest BCUT2D eigenvalue weighted by Crippen LogP contribution is -2.46. The number of ether oxygens (including phenoxy) is 1. The van der Waals surface area contributed by atoms with E-state index in [-0.39, 0.29) is 23.7 Å². The van der Waals surface area contributed by atoms with Crippen LogP contribution in [-0.4, -0.2) is 41.2 Å². The van der Waals surface area contributed by atoms with Crippen LogP contribution >= 0.6 is 0 Å². The molecule has 0 saturated heterocycles. The number of cyclic esters (lactones) is 1. The van der Waals surface area contributed by atoms with E-state index in [1.54, 1.807) is 17.0 Å². The van der Waals surface area contributed by atoms with Crippen molar-refractivity contribution in [3.63, 3.8) is 0 Å². The molecule has 3 aromatic heterocycles. The van der Waals surface area contributed by atoms with Crippen molar-refractivity contribution in [2.75, 3.05) is 0 Å². The predicted octanol–water partition coefficient (Wildman–Crippen LogP) is 5.82. The van der Waals surface area contributed by atoms with E-state index in [9.17, 15) is 9.90 Å². The van der Waals surface area contributed by atoms with Gasteiger partial charge in [-0.15, -0.1) is 5.10 Å². The van der Waals surface area contributed by atoms with Crippen LogP contribution in [0.4, 0.5) is 0 Å². The molecule has 0 amide bonds. The molecule has 4 aromatic rings. The highest BCUT2D eigenvalue weighted by atomic mass is 16.6. The van der Waals surface area contributed by atoms with E-state index in [1.807, 2.05) is 19.9 Å². The molecule has 208 valence electrons. The van der Waals surface area contributed by atoms with E-state index in [2.05, 4.69) is 45.2 Å². The first-order valence-corrected chi connectivity index (χ1v) is 14.2. The molecule has 0 bridgehead atoms. The van der Waals surface area contributed by atoms with Gasteiger partial charge in [-0.1, -0.05) is 31.9 Å². The average molecular weight is 542 g/mol. The molecule has 0 spiro atoms. The Kier molecular flexibility index (Phi) is 6.90. The van der Waals surface area contributed by atoms with E-state index >= 15 is 0 Å². The third-order valence-corrected chi connectivity index (χ3v) is 8.50. The Balaban J connectivity index is 1.25. The van der Waals surface area contributed by atoms with E-state index < -0.39 is 11.6 Å². The van der Waals surface area contributed by atoms with Crippen molar-refractivity contribution in [2.45, 2.75) is 84.2 Å². The summed E-state index contributed by atoms with van der Waals surface area (Å²) in [6, 6.07) is 8.28. The van der Waals surface area contributed by atoms with Crippen molar-refractivity contribution in [1.82, 2.24) is 24.6 Å². The Bertz CT molecular complexity index is 1580. The lowest BCUT2D eigenvalue weighted by molar-refractivity contribution is -0.167. The fourth-order valence-electron chi connectivity index (χ4n) is 6.44. The van der Waals surface area contributed by atoms with Crippen molar-refractivity contribution in [3.05, 3.63) is 76.4 Å². The maximum absolute atomic E-state index is 13.5. The number of fused-ring (bicyclic) bond motifs is 1. The molecule has 1 aliphatic heterocycles. The van der Waals surface area contributed by atoms with Crippen LogP contribution in [0.1, 0.15) is 73.8 Å². The summed E-state index contributed by atoms with van der Waals surface area (Å²) in [5, 5.41) is 15.8. The minimum atomic E-state index is -0.726. The number of carbonyl (C=O) groups excluding carboxylic acids is 1. The maximum atomic E-state index is 13.5. The van der Waals surface area contributed by atoms with Crippen LogP contribution in [0.5, 0.6) is 0 Å². The largest absolute Gasteiger partial charge is 0.512 e. The molecule has 2 aliphatic rings. The number of aromatic nitrogens is 5. The first kappa shape index (κ1) is 26.2. The van der Waals surface area contributed by atoms with Gasteiger partial charge in [-0.2, -0.15) is 4.98 Å². The lowest BCUT2D eigenvalue weighted by Gasteiger charge is -2.41. The number of hydrogen-bond acceptors (Lipinski definition) is 8. The Morgan fingerprint density at radius 2 is 1.98 bits per heavy atom. The molecule has 9 nitrogen and oxygen atoms in total. The fraction of sp³-hybridized carbons (Fsp3) is 0.452. The third kappa shape index (κ3) is 4.89. The Morgan fingerprint density at radius 3 is 2.70 bits per heavy atom. The van der Waals surface area contributed by atoms with Crippen LogP contribution < -0.4 is 0 Å². The van der Waals surface area contributed by atoms with Gasteiger partial charge in [0.05, 0.1) is 11.8 Å². The van der Waals surface area contributed by atoms with E-state index in [0.717, 1.165) is 55.5 Å². The van der Waals surface area contributed by atoms with Crippen LogP contribution in [0.2, 0.25) is 0 Å². The Labute approximate surface area is 233 Å². The highest BCUT2D eigenvalue weighted by molar-refractivity contribution is 5.90. The first-order valence-electron chi connectivity index (χ1n) is 14.2. The van der Waals surface area contributed by atoms with Gasteiger partial charge in [-0.3, -0.25) is 0 Å². The summed E-state index contributed by atoms with van der Waals surface area (Å²) >= 11 is 0. The fourth-order valence-corrected chi connectivity index (χ4v) is 6.44. The van der Waals surface area contributed by atoms with Crippen molar-refractivity contribution >= 4 is 11.7 Å². The number of nitrogens with zero attached hydrogens (tertiary/aromatic N) is 5. The standard InChI is InChI=1S/C31H35N5O4/c1-4-22-16-21(9-10-24(22)28-32-13-14-39-28)11-12-31(23-7-5-6-8-23)18-26(37)25(29(38)40-31)17-27-34-30-33-19(2)15-20(3)36(30)35-27/h9-10,13-16,23,37H,4-8,11-12,17-18H2,1-3H3. The minimum Gasteiger partial charge on any atom is -0.512 e. The molecule has 1 N–H and O–H groups in total. The van der Waals surface area contributed by atoms with Gasteiger partial charge < -0.3 is 14.3 Å². The number of benzene rings is 1. The van der Waals surface area contributed by atoms with Gasteiger partial charge in [0.25, 0.3) is 5.78 Å². The molecule has 4 heterocycles. The number of aliphatic hydroxyl groups excluding tert-OH is 1. The molecule has 0 radical (unpaired) electrons. The third-order valence-electron chi connectivity index (χ3n) is 8.50. The molecular weight excluding hydrogens is 506 g/mol. The molecular formula is C31H35N5O4. The van der Waals surface area contributed by atoms with E-state index in [0.29, 0.717) is 30.3 Å². The van der Waals surface area contributed by atoms with Gasteiger partial charge >= 0.3 is 5.97 Å². The average Bonchev–Trinajstić information content (AvgIpc) is 3.72. The van der Waals surface area contributed by atoms with Crippen LogP contribution in [0.25, 0.3) is 17.2 Å². The quantitative estimate of drug-likeness (QED) is 0.277.